The van der Waals surface area contributed by atoms with E-state index in [1.807, 2.05) is 0 Å². The summed E-state index contributed by atoms with van der Waals surface area (Å²) in [5.74, 6) is -3.17. The minimum Gasteiger partial charge on any atom is -0.508 e. The van der Waals surface area contributed by atoms with Crippen LogP contribution in [0.4, 0.5) is 0 Å². The third-order valence-electron chi connectivity index (χ3n) is 10.8. The Morgan fingerprint density at radius 2 is 1.29 bits per heavy atom. The van der Waals surface area contributed by atoms with Gasteiger partial charge in [-0.3, -0.25) is 4.79 Å². The normalized spacial score (nSPS) is 33.6. The Balaban J connectivity index is 1.12. The molecule has 340 valence electrons. The maximum absolute atomic E-state index is 13.9. The van der Waals surface area contributed by atoms with Gasteiger partial charge in [-0.15, -0.1) is 0 Å². The molecule has 4 aromatic rings. The van der Waals surface area contributed by atoms with Crippen LogP contribution in [-0.4, -0.2) is 161 Å². The van der Waals surface area contributed by atoms with Crippen molar-refractivity contribution in [3.05, 3.63) is 82.5 Å². The predicted octanol–water partition coefficient (Wildman–Crippen LogP) is -0.571. The van der Waals surface area contributed by atoms with Gasteiger partial charge < -0.3 is 93.7 Å². The molecule has 11 N–H and O–H groups in total. The average molecular weight is 887 g/mol. The van der Waals surface area contributed by atoms with Crippen LogP contribution in [0.25, 0.3) is 28.4 Å². The minimum atomic E-state index is -2.03. The lowest BCUT2D eigenvalue weighted by Crippen LogP contribution is -2.64. The summed E-state index contributed by atoms with van der Waals surface area (Å²) < 4.78 is 46.4. The number of esters is 1. The van der Waals surface area contributed by atoms with Gasteiger partial charge in [-0.25, -0.2) is 4.79 Å². The second kappa shape index (κ2) is 18.8. The molecule has 15 atom stereocenters. The van der Waals surface area contributed by atoms with E-state index < -0.39 is 133 Å². The van der Waals surface area contributed by atoms with Crippen molar-refractivity contribution in [1.82, 2.24) is 0 Å². The molecule has 0 bridgehead atoms. The fourth-order valence-corrected chi connectivity index (χ4v) is 7.28. The molecular formula is C42H46O21. The number of hydrogen-bond donors (Lipinski definition) is 11. The second-order valence-electron chi connectivity index (χ2n) is 15.2. The average Bonchev–Trinajstić information content (AvgIpc) is 3.24. The summed E-state index contributed by atoms with van der Waals surface area (Å²) in [6.07, 6.45) is -22.7. The van der Waals surface area contributed by atoms with Crippen molar-refractivity contribution in [3.63, 3.8) is 0 Å². The van der Waals surface area contributed by atoms with E-state index in [1.165, 1.54) is 68.5 Å². The lowest BCUT2D eigenvalue weighted by molar-refractivity contribution is -0.359. The van der Waals surface area contributed by atoms with Crippen molar-refractivity contribution in [1.29, 1.82) is 0 Å². The molecule has 21 heteroatoms. The van der Waals surface area contributed by atoms with Crippen molar-refractivity contribution >= 4 is 23.0 Å². The van der Waals surface area contributed by atoms with Gasteiger partial charge in [0.1, 0.15) is 88.9 Å². The van der Waals surface area contributed by atoms with Gasteiger partial charge in [0.15, 0.2) is 24.4 Å². The second-order valence-corrected chi connectivity index (χ2v) is 15.2. The van der Waals surface area contributed by atoms with Crippen LogP contribution < -0.4 is 10.2 Å². The Bertz CT molecular complexity index is 2320. The van der Waals surface area contributed by atoms with Crippen molar-refractivity contribution in [2.24, 2.45) is 0 Å². The number of rotatable bonds is 11. The first-order valence-corrected chi connectivity index (χ1v) is 19.6. The molecule has 0 spiro atoms. The number of hydrogen-bond acceptors (Lipinski definition) is 21. The molecule has 0 saturated carbocycles. The number of carbonyl (C=O) groups is 1. The third kappa shape index (κ3) is 9.60. The Kier molecular flexibility index (Phi) is 13.6. The Labute approximate surface area is 356 Å². The first kappa shape index (κ1) is 45.6. The van der Waals surface area contributed by atoms with Gasteiger partial charge in [0.05, 0.1) is 18.8 Å². The number of phenolic OH excluding ortho intramolecular Hbond substituents is 4. The molecule has 3 aliphatic heterocycles. The zero-order valence-corrected chi connectivity index (χ0v) is 33.3. The molecule has 6 unspecified atom stereocenters. The highest BCUT2D eigenvalue weighted by molar-refractivity contribution is 5.88. The topological polar surface area (TPSA) is 334 Å². The zero-order chi connectivity index (χ0) is 45.4. The molecule has 4 heterocycles. The maximum Gasteiger partial charge on any atom is 0.331 e. The molecule has 3 fully saturated rings. The number of aliphatic hydroxyl groups excluding tert-OH is 7. The van der Waals surface area contributed by atoms with Crippen LogP contribution in [0, 0.1) is 0 Å². The van der Waals surface area contributed by atoms with Crippen LogP contribution >= 0.6 is 0 Å². The highest BCUT2D eigenvalue weighted by Crippen LogP contribution is 2.38. The van der Waals surface area contributed by atoms with Gasteiger partial charge in [0, 0.05) is 23.8 Å². The molecule has 1 aromatic heterocycles. The largest absolute Gasteiger partial charge is 0.508 e. The number of benzene rings is 3. The van der Waals surface area contributed by atoms with Gasteiger partial charge >= 0.3 is 5.97 Å². The number of aromatic hydroxyl groups is 4. The molecule has 0 aliphatic carbocycles. The zero-order valence-electron chi connectivity index (χ0n) is 33.3. The fourth-order valence-electron chi connectivity index (χ4n) is 7.28. The molecule has 3 saturated heterocycles. The molecule has 3 aromatic carbocycles. The Hall–Kier alpha value is -5.40. The summed E-state index contributed by atoms with van der Waals surface area (Å²) in [5, 5.41) is 116. The molecule has 63 heavy (non-hydrogen) atoms. The number of aliphatic hydroxyl groups is 7. The van der Waals surface area contributed by atoms with Crippen molar-refractivity contribution in [2.75, 3.05) is 6.61 Å². The smallest absolute Gasteiger partial charge is 0.331 e. The van der Waals surface area contributed by atoms with Gasteiger partial charge in [-0.05, 0) is 61.9 Å². The number of fused-ring (bicyclic) bond motifs is 1. The third-order valence-corrected chi connectivity index (χ3v) is 10.8. The van der Waals surface area contributed by atoms with Crippen LogP contribution in [0.5, 0.6) is 28.7 Å². The van der Waals surface area contributed by atoms with Crippen LogP contribution in [-0.2, 0) is 33.2 Å². The highest BCUT2D eigenvalue weighted by Gasteiger charge is 2.52. The lowest BCUT2D eigenvalue weighted by atomic mass is 9.97. The van der Waals surface area contributed by atoms with E-state index in [4.69, 9.17) is 37.6 Å². The number of phenols is 4. The minimum absolute atomic E-state index is 0.0000108. The quantitative estimate of drug-likeness (QED) is 0.0663. The van der Waals surface area contributed by atoms with E-state index >= 15 is 0 Å². The summed E-state index contributed by atoms with van der Waals surface area (Å²) in [5.41, 5.74) is -0.601. The van der Waals surface area contributed by atoms with Crippen LogP contribution in [0.2, 0.25) is 0 Å². The number of carbonyl (C=O) groups excluding carboxylic acids is 1. The van der Waals surface area contributed by atoms with Gasteiger partial charge in [0.25, 0.3) is 0 Å². The summed E-state index contributed by atoms with van der Waals surface area (Å²) in [7, 11) is 0. The van der Waals surface area contributed by atoms with Crippen molar-refractivity contribution in [3.8, 4) is 40.1 Å². The van der Waals surface area contributed by atoms with Gasteiger partial charge in [-0.1, -0.05) is 12.1 Å². The summed E-state index contributed by atoms with van der Waals surface area (Å²) in [6, 6.07) is 13.0. The summed E-state index contributed by atoms with van der Waals surface area (Å²) >= 11 is 0. The van der Waals surface area contributed by atoms with E-state index in [-0.39, 0.29) is 28.4 Å². The first-order valence-electron chi connectivity index (χ1n) is 19.6. The molecule has 0 amide bonds. The van der Waals surface area contributed by atoms with E-state index in [2.05, 4.69) is 0 Å². The number of ether oxygens (including phenoxy) is 7. The van der Waals surface area contributed by atoms with E-state index in [0.717, 1.165) is 18.2 Å². The van der Waals surface area contributed by atoms with E-state index in [9.17, 15) is 65.8 Å². The van der Waals surface area contributed by atoms with Gasteiger partial charge in [-0.2, -0.15) is 0 Å². The van der Waals surface area contributed by atoms with E-state index in [0.29, 0.717) is 5.56 Å². The fraction of sp³-hybridized carbons (Fsp3) is 0.429. The van der Waals surface area contributed by atoms with Gasteiger partial charge in [0.2, 0.25) is 17.5 Å². The Morgan fingerprint density at radius 1 is 0.667 bits per heavy atom. The predicted molar refractivity (Wildman–Crippen MR) is 211 cm³/mol. The molecule has 7 rings (SSSR count). The van der Waals surface area contributed by atoms with Crippen LogP contribution in [0.3, 0.4) is 0 Å². The highest BCUT2D eigenvalue weighted by atomic mass is 16.8. The monoisotopic (exact) mass is 886 g/mol. The Morgan fingerprint density at radius 3 is 1.97 bits per heavy atom. The summed E-state index contributed by atoms with van der Waals surface area (Å²) in [6.45, 7) is 2.09. The molecular weight excluding hydrogens is 840 g/mol. The van der Waals surface area contributed by atoms with Crippen LogP contribution in [0.15, 0.2) is 76.0 Å². The van der Waals surface area contributed by atoms with Crippen molar-refractivity contribution < 1.29 is 98.5 Å². The summed E-state index contributed by atoms with van der Waals surface area (Å²) in [4.78, 5) is 26.9. The lowest BCUT2D eigenvalue weighted by Gasteiger charge is -2.46. The molecule has 3 aliphatic rings. The van der Waals surface area contributed by atoms with Crippen molar-refractivity contribution in [2.45, 2.75) is 106 Å². The maximum atomic E-state index is 13.9. The van der Waals surface area contributed by atoms with Crippen LogP contribution in [0.1, 0.15) is 19.4 Å². The first-order chi connectivity index (χ1) is 29.9. The SMILES string of the molecule is CC1O[C@@H](OC2[C@@H](OC(=O)/C=C/c3ccc(O)cc3)C(C)O[C@@H](OC[C@H]3O[C@@H](Oc4c(-c5ccc(O)cc5)oc5cc(O)cc(O)c5c4=O)C(O)C(O)[C@@H]3O)[C@H]2O)[C@@H](O)C(O)[C@H]1O. The van der Waals surface area contributed by atoms with E-state index in [1.54, 1.807) is 0 Å². The standard InChI is InChI=1S/C42H46O21/c1-16-28(48)31(51)33(53)41(57-16)63-39-35(55)40(58-17(2)36(39)61-26(47)12-5-18-3-8-20(43)9-4-18)56-15-25-29(49)32(52)34(54)42(60-25)62-38-30(50)27-23(46)13-22(45)14-24(27)59-37(38)19-6-10-21(44)11-7-19/h3-14,16-17,25,28-29,31-36,39-46,48-49,51-55H,15H2,1-2H3/b12-5+/t16?,17?,25-,28+,29-,31?,32?,33+,34?,35+,36+,39?,40-,41+,42+/m1/s1. The molecule has 21 nitrogen and oxygen atoms in total. The molecule has 0 radical (unpaired) electrons.